The van der Waals surface area contributed by atoms with E-state index in [9.17, 15) is 4.79 Å². The largest absolute Gasteiger partial charge is 0.387 e. The van der Waals surface area contributed by atoms with E-state index in [0.29, 0.717) is 15.6 Å². The van der Waals surface area contributed by atoms with E-state index in [-0.39, 0.29) is 10.8 Å². The van der Waals surface area contributed by atoms with Crippen molar-refractivity contribution in [3.05, 3.63) is 69.2 Å². The van der Waals surface area contributed by atoms with Gasteiger partial charge >= 0.3 is 0 Å². The minimum absolute atomic E-state index is 0.0849. The zero-order chi connectivity index (χ0) is 16.1. The number of carbonyl (C=O) groups is 1. The molecule has 1 heterocycles. The molecule has 0 saturated carbocycles. The highest BCUT2D eigenvalue weighted by Gasteiger charge is 2.14. The standard InChI is InChI=1S/C17H16N2OS2/c1-11(10-13-6-4-3-5-7-13)8-9-14(20)15-12(2)19-17(22-15)16(18)21/h3-10H,1-2H3,(H2,18,21)/b9-8-,11-10+. The van der Waals surface area contributed by atoms with E-state index in [4.69, 9.17) is 18.0 Å². The average Bonchev–Trinajstić information content (AvgIpc) is 2.88. The molecule has 0 radical (unpaired) electrons. The number of allylic oxidation sites excluding steroid dienone is 3. The first kappa shape index (κ1) is 16.3. The number of thiocarbonyl (C=S) groups is 1. The molecule has 0 aliphatic rings. The fraction of sp³-hybridized carbons (Fsp3) is 0.118. The van der Waals surface area contributed by atoms with Crippen molar-refractivity contribution in [2.75, 3.05) is 0 Å². The lowest BCUT2D eigenvalue weighted by Crippen LogP contribution is -2.08. The molecule has 2 N–H and O–H groups in total. The number of aromatic nitrogens is 1. The van der Waals surface area contributed by atoms with Crippen molar-refractivity contribution < 1.29 is 4.79 Å². The van der Waals surface area contributed by atoms with Crippen molar-refractivity contribution in [1.29, 1.82) is 0 Å². The van der Waals surface area contributed by atoms with E-state index in [1.54, 1.807) is 19.1 Å². The Morgan fingerprint density at radius 2 is 1.95 bits per heavy atom. The second-order valence-corrected chi connectivity index (χ2v) is 6.23. The summed E-state index contributed by atoms with van der Waals surface area (Å²) in [5, 5.41) is 0.529. The summed E-state index contributed by atoms with van der Waals surface area (Å²) in [6.45, 7) is 3.74. The number of thiazole rings is 1. The van der Waals surface area contributed by atoms with Gasteiger partial charge in [-0.15, -0.1) is 11.3 Å². The van der Waals surface area contributed by atoms with E-state index in [1.165, 1.54) is 11.3 Å². The van der Waals surface area contributed by atoms with Crippen molar-refractivity contribution in [3.8, 4) is 0 Å². The van der Waals surface area contributed by atoms with Gasteiger partial charge in [-0.25, -0.2) is 4.98 Å². The summed E-state index contributed by atoms with van der Waals surface area (Å²) in [6.07, 6.45) is 5.37. The second-order valence-electron chi connectivity index (χ2n) is 4.79. The fourth-order valence-corrected chi connectivity index (χ4v) is 2.88. The SMILES string of the molecule is CC(/C=C\C(=O)c1sc(C(N)=S)nc1C)=C\c1ccccc1. The van der Waals surface area contributed by atoms with Crippen LogP contribution in [0.3, 0.4) is 0 Å². The number of benzene rings is 1. The fourth-order valence-electron chi connectivity index (χ4n) is 1.87. The van der Waals surface area contributed by atoms with Crippen LogP contribution in [0, 0.1) is 6.92 Å². The van der Waals surface area contributed by atoms with Crippen LogP contribution in [0.2, 0.25) is 0 Å². The number of nitrogens with two attached hydrogens (primary N) is 1. The molecule has 3 nitrogen and oxygen atoms in total. The quantitative estimate of drug-likeness (QED) is 0.391. The van der Waals surface area contributed by atoms with Crippen LogP contribution in [0.25, 0.3) is 6.08 Å². The van der Waals surface area contributed by atoms with E-state index in [0.717, 1.165) is 11.1 Å². The number of hydrogen-bond donors (Lipinski definition) is 1. The van der Waals surface area contributed by atoms with Gasteiger partial charge in [0.2, 0.25) is 0 Å². The molecule has 0 saturated heterocycles. The molecule has 0 unspecified atom stereocenters. The van der Waals surface area contributed by atoms with Crippen LogP contribution in [-0.4, -0.2) is 15.8 Å². The monoisotopic (exact) mass is 328 g/mol. The molecule has 0 amide bonds. The zero-order valence-corrected chi connectivity index (χ0v) is 14.0. The Bertz CT molecular complexity index is 758. The summed E-state index contributed by atoms with van der Waals surface area (Å²) in [5.74, 6) is -0.0849. The predicted octanol–water partition coefficient (Wildman–Crippen LogP) is 3.93. The van der Waals surface area contributed by atoms with Gasteiger partial charge in [0, 0.05) is 0 Å². The first-order chi connectivity index (χ1) is 10.5. The normalized spacial score (nSPS) is 11.8. The predicted molar refractivity (Wildman–Crippen MR) is 96.3 cm³/mol. The van der Waals surface area contributed by atoms with Gasteiger partial charge in [0.25, 0.3) is 0 Å². The lowest BCUT2D eigenvalue weighted by Gasteiger charge is -1.95. The number of aryl methyl sites for hydroxylation is 1. The van der Waals surface area contributed by atoms with Gasteiger partial charge in [-0.3, -0.25) is 4.79 Å². The molecule has 1 aromatic heterocycles. The molecule has 2 aromatic rings. The Balaban J connectivity index is 2.14. The minimum atomic E-state index is -0.0849. The molecule has 0 bridgehead atoms. The maximum Gasteiger partial charge on any atom is 0.197 e. The average molecular weight is 328 g/mol. The van der Waals surface area contributed by atoms with Gasteiger partial charge in [0.05, 0.1) is 10.6 Å². The Hall–Kier alpha value is -2.11. The van der Waals surface area contributed by atoms with Crippen LogP contribution in [-0.2, 0) is 0 Å². The molecular weight excluding hydrogens is 312 g/mol. The molecule has 0 spiro atoms. The molecule has 0 aliphatic heterocycles. The number of carbonyl (C=O) groups excluding carboxylic acids is 1. The number of nitrogens with zero attached hydrogens (tertiary/aromatic N) is 1. The molecule has 22 heavy (non-hydrogen) atoms. The van der Waals surface area contributed by atoms with Crippen LogP contribution < -0.4 is 5.73 Å². The Morgan fingerprint density at radius 3 is 2.55 bits per heavy atom. The van der Waals surface area contributed by atoms with Gasteiger partial charge in [-0.1, -0.05) is 60.3 Å². The minimum Gasteiger partial charge on any atom is -0.387 e. The highest BCUT2D eigenvalue weighted by molar-refractivity contribution is 7.81. The van der Waals surface area contributed by atoms with Gasteiger partial charge < -0.3 is 5.73 Å². The molecule has 0 atom stereocenters. The van der Waals surface area contributed by atoms with Gasteiger partial charge in [0.15, 0.2) is 10.8 Å². The third-order valence-electron chi connectivity index (χ3n) is 2.92. The van der Waals surface area contributed by atoms with E-state index in [2.05, 4.69) is 4.98 Å². The summed E-state index contributed by atoms with van der Waals surface area (Å²) >= 11 is 6.12. The van der Waals surface area contributed by atoms with Crippen molar-refractivity contribution in [2.24, 2.45) is 5.73 Å². The van der Waals surface area contributed by atoms with Gasteiger partial charge in [-0.05, 0) is 25.5 Å². The molecule has 1 aromatic carbocycles. The van der Waals surface area contributed by atoms with Crippen LogP contribution in [0.4, 0.5) is 0 Å². The van der Waals surface area contributed by atoms with Crippen molar-refractivity contribution in [3.63, 3.8) is 0 Å². The van der Waals surface area contributed by atoms with E-state index >= 15 is 0 Å². The van der Waals surface area contributed by atoms with Crippen LogP contribution in [0.15, 0.2) is 48.1 Å². The Labute approximate surface area is 139 Å². The second kappa shape index (κ2) is 7.24. The molecule has 5 heteroatoms. The summed E-state index contributed by atoms with van der Waals surface area (Å²) < 4.78 is 0. The van der Waals surface area contributed by atoms with Crippen molar-refractivity contribution >= 4 is 40.4 Å². The number of ketones is 1. The third-order valence-corrected chi connectivity index (χ3v) is 4.45. The van der Waals surface area contributed by atoms with Crippen molar-refractivity contribution in [2.45, 2.75) is 13.8 Å². The Morgan fingerprint density at radius 1 is 1.27 bits per heavy atom. The summed E-state index contributed by atoms with van der Waals surface area (Å²) in [5.41, 5.74) is 8.30. The van der Waals surface area contributed by atoms with Gasteiger partial charge in [0.1, 0.15) is 4.99 Å². The van der Waals surface area contributed by atoms with Crippen LogP contribution in [0.5, 0.6) is 0 Å². The first-order valence-corrected chi connectivity index (χ1v) is 7.93. The third kappa shape index (κ3) is 4.19. The summed E-state index contributed by atoms with van der Waals surface area (Å²) in [6, 6.07) is 9.96. The van der Waals surface area contributed by atoms with Gasteiger partial charge in [-0.2, -0.15) is 0 Å². The maximum atomic E-state index is 12.2. The highest BCUT2D eigenvalue weighted by Crippen LogP contribution is 2.19. The number of hydrogen-bond acceptors (Lipinski definition) is 4. The molecule has 0 aliphatic carbocycles. The first-order valence-electron chi connectivity index (χ1n) is 6.70. The van der Waals surface area contributed by atoms with Crippen LogP contribution in [0.1, 0.15) is 32.9 Å². The lowest BCUT2D eigenvalue weighted by molar-refractivity contribution is 0.104. The number of rotatable bonds is 5. The van der Waals surface area contributed by atoms with Crippen LogP contribution >= 0.6 is 23.6 Å². The van der Waals surface area contributed by atoms with Crippen molar-refractivity contribution in [1.82, 2.24) is 4.98 Å². The molecule has 2 rings (SSSR count). The topological polar surface area (TPSA) is 56.0 Å². The van der Waals surface area contributed by atoms with E-state index < -0.39 is 0 Å². The highest BCUT2D eigenvalue weighted by atomic mass is 32.1. The zero-order valence-electron chi connectivity index (χ0n) is 12.4. The smallest absolute Gasteiger partial charge is 0.197 e. The molecule has 112 valence electrons. The lowest BCUT2D eigenvalue weighted by atomic mass is 10.1. The molecular formula is C17H16N2OS2. The van der Waals surface area contributed by atoms with E-state index in [1.807, 2.05) is 43.3 Å². The summed E-state index contributed by atoms with van der Waals surface area (Å²) in [7, 11) is 0. The Kier molecular flexibility index (Phi) is 5.35. The maximum absolute atomic E-state index is 12.2. The molecule has 0 fully saturated rings. The summed E-state index contributed by atoms with van der Waals surface area (Å²) in [4.78, 5) is 17.2.